The lowest BCUT2D eigenvalue weighted by Gasteiger charge is -2.50. The Kier molecular flexibility index (Phi) is 5.05. The fourth-order valence-corrected chi connectivity index (χ4v) is 7.23. The first-order valence-corrected chi connectivity index (χ1v) is 11.7. The van der Waals surface area contributed by atoms with Gasteiger partial charge in [-0.15, -0.1) is 0 Å². The Morgan fingerprint density at radius 1 is 1.26 bits per heavy atom. The van der Waals surface area contributed by atoms with Gasteiger partial charge in [-0.3, -0.25) is 4.79 Å². The Balaban J connectivity index is 1.40. The molecule has 3 nitrogen and oxygen atoms in total. The molecule has 162 valence electrons. The molecule has 0 bridgehead atoms. The predicted molar refractivity (Wildman–Crippen MR) is 125 cm³/mol. The Labute approximate surface area is 185 Å². The molecule has 2 aromatic carbocycles. The molecule has 0 aliphatic heterocycles. The number of aliphatic hydroxyl groups excluding tert-OH is 1. The van der Waals surface area contributed by atoms with Crippen LogP contribution < -0.4 is 5.73 Å². The molecule has 5 rings (SSSR count). The lowest BCUT2D eigenvalue weighted by atomic mass is 9.55. The molecule has 0 aromatic heterocycles. The second-order valence-electron chi connectivity index (χ2n) is 10.3. The lowest BCUT2D eigenvalue weighted by molar-refractivity contribution is -0.0325. The van der Waals surface area contributed by atoms with E-state index in [4.69, 9.17) is 5.73 Å². The van der Waals surface area contributed by atoms with E-state index in [0.29, 0.717) is 23.3 Å². The van der Waals surface area contributed by atoms with E-state index in [-0.39, 0.29) is 17.4 Å². The first-order valence-electron chi connectivity index (χ1n) is 11.7. The van der Waals surface area contributed by atoms with E-state index in [1.165, 1.54) is 29.5 Å². The monoisotopic (exact) mass is 415 g/mol. The molecular formula is C28H33NO2. The van der Waals surface area contributed by atoms with Crippen LogP contribution in [-0.2, 0) is 12.8 Å². The molecule has 31 heavy (non-hydrogen) atoms. The molecule has 0 spiro atoms. The van der Waals surface area contributed by atoms with Crippen molar-refractivity contribution in [2.75, 3.05) is 0 Å². The second kappa shape index (κ2) is 7.63. The highest BCUT2D eigenvalue weighted by Crippen LogP contribution is 2.62. The van der Waals surface area contributed by atoms with E-state index < -0.39 is 5.91 Å². The quantitative estimate of drug-likeness (QED) is 0.728. The van der Waals surface area contributed by atoms with E-state index >= 15 is 0 Å². The van der Waals surface area contributed by atoms with Crippen LogP contribution in [0.3, 0.4) is 0 Å². The van der Waals surface area contributed by atoms with Crippen LogP contribution >= 0.6 is 0 Å². The van der Waals surface area contributed by atoms with E-state index in [2.05, 4.69) is 37.8 Å². The maximum absolute atomic E-state index is 11.6. The number of amides is 1. The largest absolute Gasteiger partial charge is 0.392 e. The van der Waals surface area contributed by atoms with Crippen molar-refractivity contribution in [2.24, 2.45) is 28.9 Å². The van der Waals surface area contributed by atoms with Gasteiger partial charge in [-0.1, -0.05) is 49.9 Å². The standard InChI is InChI=1S/C28H33NO2/c1-3-17-7-9-22-19(13-17)8-10-24-23(22)11-12-28(2)25(24)16-21(26(28)30)15-18-5-4-6-20(14-18)27(29)31/h3-7,9,13-14,21,23-26,30H,1,8,10-12,15-16H2,2H3,(H2,29,31)/t21-,23?,24?,25?,26-,28-/m0/s1. The fraction of sp³-hybridized carbons (Fsp3) is 0.464. The molecular weight excluding hydrogens is 382 g/mol. The molecule has 0 radical (unpaired) electrons. The summed E-state index contributed by atoms with van der Waals surface area (Å²) in [4.78, 5) is 11.6. The third kappa shape index (κ3) is 3.34. The van der Waals surface area contributed by atoms with Gasteiger partial charge >= 0.3 is 0 Å². The number of rotatable bonds is 4. The van der Waals surface area contributed by atoms with Crippen LogP contribution in [0.25, 0.3) is 6.08 Å². The molecule has 2 fully saturated rings. The number of hydrogen-bond acceptors (Lipinski definition) is 2. The summed E-state index contributed by atoms with van der Waals surface area (Å²) in [6, 6.07) is 14.5. The van der Waals surface area contributed by atoms with Gasteiger partial charge in [0.15, 0.2) is 0 Å². The normalized spacial score (nSPS) is 33.8. The van der Waals surface area contributed by atoms with Gasteiger partial charge in [0.1, 0.15) is 0 Å². The number of primary amides is 1. The summed E-state index contributed by atoms with van der Waals surface area (Å²) in [7, 11) is 0. The summed E-state index contributed by atoms with van der Waals surface area (Å²) < 4.78 is 0. The van der Waals surface area contributed by atoms with Crippen LogP contribution in [0.15, 0.2) is 49.0 Å². The van der Waals surface area contributed by atoms with Gasteiger partial charge in [-0.2, -0.15) is 0 Å². The van der Waals surface area contributed by atoms with Gasteiger partial charge < -0.3 is 10.8 Å². The molecule has 3 aliphatic rings. The number of benzene rings is 2. The molecule has 1 amide bonds. The highest BCUT2D eigenvalue weighted by molar-refractivity contribution is 5.92. The zero-order chi connectivity index (χ0) is 21.8. The van der Waals surface area contributed by atoms with Crippen LogP contribution in [0.1, 0.15) is 71.1 Å². The van der Waals surface area contributed by atoms with Crippen LogP contribution in [0.5, 0.6) is 0 Å². The van der Waals surface area contributed by atoms with Gasteiger partial charge in [0.25, 0.3) is 0 Å². The molecule has 2 aromatic rings. The molecule has 3 heteroatoms. The second-order valence-corrected chi connectivity index (χ2v) is 10.3. The summed E-state index contributed by atoms with van der Waals surface area (Å²) in [6.07, 6.45) is 8.13. The van der Waals surface area contributed by atoms with E-state index in [1.807, 2.05) is 18.2 Å². The number of aryl methyl sites for hydroxylation is 1. The van der Waals surface area contributed by atoms with E-state index in [0.717, 1.165) is 31.2 Å². The first-order chi connectivity index (χ1) is 14.9. The number of carbonyl (C=O) groups is 1. The van der Waals surface area contributed by atoms with Crippen molar-refractivity contribution in [3.8, 4) is 0 Å². The smallest absolute Gasteiger partial charge is 0.248 e. The zero-order valence-electron chi connectivity index (χ0n) is 18.4. The van der Waals surface area contributed by atoms with Gasteiger partial charge in [0.2, 0.25) is 5.91 Å². The van der Waals surface area contributed by atoms with Crippen LogP contribution in [0, 0.1) is 23.2 Å². The summed E-state index contributed by atoms with van der Waals surface area (Å²) in [6.45, 7) is 6.25. The number of aliphatic hydroxyl groups is 1. The summed E-state index contributed by atoms with van der Waals surface area (Å²) in [5.41, 5.74) is 11.4. The van der Waals surface area contributed by atoms with Crippen LogP contribution in [0.4, 0.5) is 0 Å². The summed E-state index contributed by atoms with van der Waals surface area (Å²) >= 11 is 0. The third-order valence-corrected chi connectivity index (χ3v) is 8.81. The lowest BCUT2D eigenvalue weighted by Crippen LogP contribution is -2.44. The van der Waals surface area contributed by atoms with Crippen molar-refractivity contribution in [1.29, 1.82) is 0 Å². The SMILES string of the molecule is C=Cc1ccc2c(c1)CCC1C2CC[C@@]2(C)C1C[C@H](Cc1cccc(C(N)=O)c1)[C@@H]2O. The van der Waals surface area contributed by atoms with E-state index in [1.54, 1.807) is 6.07 Å². The number of carbonyl (C=O) groups excluding carboxylic acids is 1. The zero-order valence-corrected chi connectivity index (χ0v) is 18.4. The van der Waals surface area contributed by atoms with Gasteiger partial charge in [-0.25, -0.2) is 0 Å². The molecule has 2 saturated carbocycles. The Hall–Kier alpha value is -2.39. The minimum Gasteiger partial charge on any atom is -0.392 e. The van der Waals surface area contributed by atoms with Gasteiger partial charge in [-0.05, 0) is 102 Å². The third-order valence-electron chi connectivity index (χ3n) is 8.81. The van der Waals surface area contributed by atoms with Crippen LogP contribution in [-0.4, -0.2) is 17.1 Å². The minimum absolute atomic E-state index is 0.00824. The van der Waals surface area contributed by atoms with Crippen molar-refractivity contribution in [1.82, 2.24) is 0 Å². The van der Waals surface area contributed by atoms with Crippen LogP contribution in [0.2, 0.25) is 0 Å². The van der Waals surface area contributed by atoms with E-state index in [9.17, 15) is 9.90 Å². The molecule has 6 atom stereocenters. The molecule has 3 aliphatic carbocycles. The predicted octanol–water partition coefficient (Wildman–Crippen LogP) is 5.11. The topological polar surface area (TPSA) is 63.3 Å². The first kappa shape index (κ1) is 20.5. The number of fused-ring (bicyclic) bond motifs is 5. The summed E-state index contributed by atoms with van der Waals surface area (Å²) in [5, 5.41) is 11.4. The van der Waals surface area contributed by atoms with Crippen molar-refractivity contribution in [3.05, 3.63) is 76.9 Å². The fourth-order valence-electron chi connectivity index (χ4n) is 7.23. The van der Waals surface area contributed by atoms with Crippen molar-refractivity contribution in [3.63, 3.8) is 0 Å². The molecule has 3 N–H and O–H groups in total. The molecule has 0 saturated heterocycles. The Morgan fingerprint density at radius 2 is 2.10 bits per heavy atom. The van der Waals surface area contributed by atoms with Crippen molar-refractivity contribution >= 4 is 12.0 Å². The number of hydrogen-bond donors (Lipinski definition) is 2. The average molecular weight is 416 g/mol. The maximum atomic E-state index is 11.6. The average Bonchev–Trinajstić information content (AvgIpc) is 3.03. The highest BCUT2D eigenvalue weighted by Gasteiger charge is 2.57. The van der Waals surface area contributed by atoms with Crippen molar-refractivity contribution < 1.29 is 9.90 Å². The Morgan fingerprint density at radius 3 is 2.87 bits per heavy atom. The number of nitrogens with two attached hydrogens (primary N) is 1. The Bertz CT molecular complexity index is 1030. The minimum atomic E-state index is -0.391. The maximum Gasteiger partial charge on any atom is 0.248 e. The molecule has 0 heterocycles. The highest BCUT2D eigenvalue weighted by atomic mass is 16.3. The van der Waals surface area contributed by atoms with Gasteiger partial charge in [0, 0.05) is 5.56 Å². The summed E-state index contributed by atoms with van der Waals surface area (Å²) in [5.74, 6) is 1.67. The van der Waals surface area contributed by atoms with Gasteiger partial charge in [0.05, 0.1) is 6.10 Å². The molecule has 3 unspecified atom stereocenters. The van der Waals surface area contributed by atoms with Crippen molar-refractivity contribution in [2.45, 2.75) is 57.5 Å².